The van der Waals surface area contributed by atoms with Crippen LogP contribution in [-0.4, -0.2) is 77.1 Å². The Labute approximate surface area is 93.4 Å². The van der Waals surface area contributed by atoms with Crippen molar-refractivity contribution in [3.05, 3.63) is 0 Å². The van der Waals surface area contributed by atoms with E-state index in [1.165, 1.54) is 0 Å². The average Bonchev–Trinajstić information content (AvgIpc) is 1.81. The Balaban J connectivity index is 0. The number of aliphatic hydroxyl groups is 2. The van der Waals surface area contributed by atoms with Crippen LogP contribution in [0.3, 0.4) is 0 Å². The molecule has 0 spiro atoms. The zero-order chi connectivity index (χ0) is 8.20. The second-order valence-electron chi connectivity index (χ2n) is 1.58. The van der Waals surface area contributed by atoms with E-state index in [1.807, 2.05) is 0 Å². The number of aliphatic hydroxyl groups excluding tert-OH is 2. The molecule has 0 aliphatic heterocycles. The molecule has 11 heavy (non-hydrogen) atoms. The van der Waals surface area contributed by atoms with E-state index in [0.717, 1.165) is 0 Å². The Kier molecular flexibility index (Phi) is 9.10. The molecule has 0 bridgehead atoms. The van der Waals surface area contributed by atoms with E-state index in [1.54, 1.807) is 0 Å². The van der Waals surface area contributed by atoms with Crippen LogP contribution in [0.1, 0.15) is 0 Å². The average molecular weight is 214 g/mol. The molecule has 0 aliphatic rings. The van der Waals surface area contributed by atoms with Crippen molar-refractivity contribution in [3.8, 4) is 0 Å². The molecule has 0 atom stereocenters. The van der Waals surface area contributed by atoms with Crippen LogP contribution in [-0.2, 0) is 9.09 Å². The van der Waals surface area contributed by atoms with Gasteiger partial charge in [0.15, 0.2) is 0 Å². The third-order valence-corrected chi connectivity index (χ3v) is 1.27. The Hall–Kier alpha value is 1.29. The molecular formula is C3H11CaO6P. The van der Waals surface area contributed by atoms with Gasteiger partial charge in [-0.3, -0.25) is 4.52 Å². The third kappa shape index (κ3) is 9.20. The molecule has 6 nitrogen and oxygen atoms in total. The summed E-state index contributed by atoms with van der Waals surface area (Å²) in [7, 11) is -4.57. The first kappa shape index (κ1) is 14.8. The molecular weight excluding hydrogens is 203 g/mol. The van der Waals surface area contributed by atoms with Crippen LogP contribution in [0, 0.1) is 0 Å². The molecule has 0 unspecified atom stereocenters. The van der Waals surface area contributed by atoms with E-state index >= 15 is 0 Å². The topological polar surface area (TPSA) is 107 Å². The van der Waals surface area contributed by atoms with Gasteiger partial charge in [-0.1, -0.05) is 0 Å². The van der Waals surface area contributed by atoms with Gasteiger partial charge in [-0.05, 0) is 0 Å². The van der Waals surface area contributed by atoms with Crippen molar-refractivity contribution in [2.75, 3.05) is 13.2 Å². The quantitative estimate of drug-likeness (QED) is 0.305. The van der Waals surface area contributed by atoms with Gasteiger partial charge in [0.25, 0.3) is 0 Å². The predicted octanol–water partition coefficient (Wildman–Crippen LogP) is -2.47. The summed E-state index contributed by atoms with van der Waals surface area (Å²) in [4.78, 5) is 16.2. The van der Waals surface area contributed by atoms with Gasteiger partial charge in [0.2, 0.25) is 0 Å². The predicted molar refractivity (Wildman–Crippen MR) is 39.6 cm³/mol. The summed E-state index contributed by atoms with van der Waals surface area (Å²) >= 11 is 0. The maximum absolute atomic E-state index is 10.0. The monoisotopic (exact) mass is 214 g/mol. The van der Waals surface area contributed by atoms with Gasteiger partial charge >= 0.3 is 45.6 Å². The fraction of sp³-hybridized carbons (Fsp3) is 1.00. The van der Waals surface area contributed by atoms with Gasteiger partial charge in [0, 0.05) is 0 Å². The van der Waals surface area contributed by atoms with Gasteiger partial charge in [0.05, 0.1) is 13.2 Å². The molecule has 4 N–H and O–H groups in total. The van der Waals surface area contributed by atoms with E-state index in [0.29, 0.717) is 0 Å². The molecule has 8 heteroatoms. The van der Waals surface area contributed by atoms with Crippen LogP contribution in [0.4, 0.5) is 0 Å². The Morgan fingerprint density at radius 3 is 1.73 bits per heavy atom. The molecule has 0 aromatic heterocycles. The fourth-order valence-electron chi connectivity index (χ4n) is 0.319. The molecule has 0 aliphatic carbocycles. The van der Waals surface area contributed by atoms with Crippen LogP contribution in [0.15, 0.2) is 0 Å². The van der Waals surface area contributed by atoms with Crippen LogP contribution in [0.25, 0.3) is 0 Å². The molecule has 0 heterocycles. The first-order valence-electron chi connectivity index (χ1n) is 2.45. The van der Waals surface area contributed by atoms with Crippen molar-refractivity contribution < 1.29 is 29.1 Å². The summed E-state index contributed by atoms with van der Waals surface area (Å²) < 4.78 is 13.9. The number of rotatable bonds is 4. The van der Waals surface area contributed by atoms with Crippen LogP contribution < -0.4 is 0 Å². The zero-order valence-corrected chi connectivity index (χ0v) is 5.94. The second-order valence-corrected chi connectivity index (χ2v) is 2.78. The summed E-state index contributed by atoms with van der Waals surface area (Å²) in [5.41, 5.74) is 0. The minimum atomic E-state index is -4.57. The first-order chi connectivity index (χ1) is 4.49. The van der Waals surface area contributed by atoms with Gasteiger partial charge in [-0.25, -0.2) is 4.57 Å². The van der Waals surface area contributed by atoms with Crippen LogP contribution >= 0.6 is 7.82 Å². The summed E-state index contributed by atoms with van der Waals surface area (Å²) in [6.45, 7) is -1.25. The Bertz CT molecular complexity index is 130. The number of hydrogen-bond acceptors (Lipinski definition) is 4. The van der Waals surface area contributed by atoms with Crippen molar-refractivity contribution in [1.82, 2.24) is 0 Å². The summed E-state index contributed by atoms with van der Waals surface area (Å²) in [5, 5.41) is 16.5. The Morgan fingerprint density at radius 2 is 1.64 bits per heavy atom. The first-order valence-corrected chi connectivity index (χ1v) is 3.98. The van der Waals surface area contributed by atoms with Crippen LogP contribution in [0.5, 0.6) is 0 Å². The molecule has 0 saturated heterocycles. The van der Waals surface area contributed by atoms with Crippen molar-refractivity contribution in [3.63, 3.8) is 0 Å². The molecule has 66 valence electrons. The van der Waals surface area contributed by atoms with Crippen molar-refractivity contribution in [2.24, 2.45) is 0 Å². The second kappa shape index (κ2) is 6.77. The molecule has 0 fully saturated rings. The van der Waals surface area contributed by atoms with Gasteiger partial charge in [0.1, 0.15) is 6.10 Å². The molecule has 0 rings (SSSR count). The molecule has 0 radical (unpaired) electrons. The standard InChI is InChI=1S/C3H9O6P.Ca.2H/c4-1-3(2-5)9-10(6,7)8;;;/h3-5H,1-2H2,(H2,6,7,8);;;. The zero-order valence-electron chi connectivity index (χ0n) is 5.04. The van der Waals surface area contributed by atoms with Gasteiger partial charge in [-0.2, -0.15) is 0 Å². The van der Waals surface area contributed by atoms with E-state index in [4.69, 9.17) is 20.0 Å². The van der Waals surface area contributed by atoms with Crippen molar-refractivity contribution in [1.29, 1.82) is 0 Å². The number of hydrogen-bond donors (Lipinski definition) is 4. The minimum absolute atomic E-state index is 0. The normalized spacial score (nSPS) is 11.4. The van der Waals surface area contributed by atoms with Crippen molar-refractivity contribution in [2.45, 2.75) is 6.10 Å². The molecule has 0 aromatic carbocycles. The summed E-state index contributed by atoms with van der Waals surface area (Å²) in [6, 6.07) is 0. The van der Waals surface area contributed by atoms with Gasteiger partial charge in [-0.15, -0.1) is 0 Å². The summed E-state index contributed by atoms with van der Waals surface area (Å²) in [6.07, 6.45) is -1.21. The van der Waals surface area contributed by atoms with E-state index in [9.17, 15) is 4.57 Å². The number of phosphoric ester groups is 1. The van der Waals surface area contributed by atoms with E-state index in [2.05, 4.69) is 4.52 Å². The molecule has 0 aromatic rings. The SMILES string of the molecule is O=P(O)(O)OC(CO)CO.[CaH2]. The molecule has 0 amide bonds. The third-order valence-electron chi connectivity index (χ3n) is 0.694. The van der Waals surface area contributed by atoms with Gasteiger partial charge < -0.3 is 20.0 Å². The van der Waals surface area contributed by atoms with Crippen molar-refractivity contribution >= 4 is 45.6 Å². The van der Waals surface area contributed by atoms with E-state index in [-0.39, 0.29) is 37.7 Å². The molecule has 0 saturated carbocycles. The fourth-order valence-corrected chi connectivity index (χ4v) is 0.840. The van der Waals surface area contributed by atoms with Crippen LogP contribution in [0.2, 0.25) is 0 Å². The van der Waals surface area contributed by atoms with E-state index < -0.39 is 27.1 Å². The number of phosphoric acid groups is 1. The Morgan fingerprint density at radius 1 is 1.27 bits per heavy atom. The summed E-state index contributed by atoms with van der Waals surface area (Å²) in [5.74, 6) is 0. The maximum atomic E-state index is 10.0.